The van der Waals surface area contributed by atoms with E-state index in [1.165, 1.54) is 0 Å². The highest BCUT2D eigenvalue weighted by molar-refractivity contribution is 6.08. The van der Waals surface area contributed by atoms with Gasteiger partial charge in [0.2, 0.25) is 5.91 Å². The molecule has 0 aliphatic carbocycles. The zero-order valence-electron chi connectivity index (χ0n) is 16.2. The predicted molar refractivity (Wildman–Crippen MR) is 113 cm³/mol. The molecule has 3 aromatic heterocycles. The average molecular weight is 389 g/mol. The number of aromatic amines is 2. The minimum absolute atomic E-state index is 0.0299. The number of nitrogens with zero attached hydrogens (tertiary/aromatic N) is 3. The first-order valence-electron chi connectivity index (χ1n) is 9.77. The molecule has 1 fully saturated rings. The Kier molecular flexibility index (Phi) is 4.21. The second kappa shape index (κ2) is 6.89. The van der Waals surface area contributed by atoms with Gasteiger partial charge in [-0.15, -0.1) is 0 Å². The lowest BCUT2D eigenvalue weighted by atomic mass is 10.1. The van der Waals surface area contributed by atoms with Crippen LogP contribution in [0.2, 0.25) is 0 Å². The maximum atomic E-state index is 11.3. The fourth-order valence-electron chi connectivity index (χ4n) is 4.24. The number of hydrogen-bond donors (Lipinski definition) is 4. The number of nitrogens with one attached hydrogen (secondary N) is 3. The number of amides is 1. The van der Waals surface area contributed by atoms with E-state index in [9.17, 15) is 4.79 Å². The number of H-pyrrole nitrogens is 2. The number of aromatic nitrogens is 4. The first kappa shape index (κ1) is 17.7. The first-order valence-corrected chi connectivity index (χ1v) is 9.77. The van der Waals surface area contributed by atoms with Gasteiger partial charge < -0.3 is 16.0 Å². The van der Waals surface area contributed by atoms with Crippen molar-refractivity contribution in [3.63, 3.8) is 0 Å². The smallest absolute Gasteiger partial charge is 0.217 e. The molecule has 29 heavy (non-hydrogen) atoms. The van der Waals surface area contributed by atoms with Crippen LogP contribution in [0.4, 0.5) is 5.82 Å². The second-order valence-electron chi connectivity index (χ2n) is 7.70. The Morgan fingerprint density at radius 2 is 2.21 bits per heavy atom. The highest BCUT2D eigenvalue weighted by Gasteiger charge is 2.23. The Morgan fingerprint density at radius 3 is 3.00 bits per heavy atom. The van der Waals surface area contributed by atoms with Crippen LogP contribution < -0.4 is 11.1 Å². The third kappa shape index (κ3) is 3.31. The molecular weight excluding hydrogens is 366 g/mol. The molecule has 0 radical (unpaired) electrons. The first-order chi connectivity index (χ1) is 14.1. The molecule has 1 aliphatic rings. The van der Waals surface area contributed by atoms with Gasteiger partial charge in [-0.3, -0.25) is 14.8 Å². The van der Waals surface area contributed by atoms with Crippen molar-refractivity contribution in [1.29, 1.82) is 0 Å². The SMILES string of the molecule is CC(=O)N[C@H]1CCN(Cc2cc3c(N)nc4cc(-c5ccn[nH]5)ccc4c3[nH]2)C1. The lowest BCUT2D eigenvalue weighted by Crippen LogP contribution is -2.35. The number of rotatable bonds is 4. The molecule has 1 amide bonds. The Bertz CT molecular complexity index is 1190. The van der Waals surface area contributed by atoms with Crippen molar-refractivity contribution < 1.29 is 4.79 Å². The van der Waals surface area contributed by atoms with Crippen LogP contribution in [0.25, 0.3) is 33.1 Å². The normalized spacial score (nSPS) is 17.3. The van der Waals surface area contributed by atoms with Crippen LogP contribution in [0.1, 0.15) is 19.0 Å². The van der Waals surface area contributed by atoms with Gasteiger partial charge in [0.15, 0.2) is 0 Å². The predicted octanol–water partition coefficient (Wildman–Crippen LogP) is 2.40. The van der Waals surface area contributed by atoms with Gasteiger partial charge in [-0.2, -0.15) is 5.10 Å². The Morgan fingerprint density at radius 1 is 1.31 bits per heavy atom. The maximum Gasteiger partial charge on any atom is 0.217 e. The van der Waals surface area contributed by atoms with Crippen LogP contribution in [0, 0.1) is 0 Å². The summed E-state index contributed by atoms with van der Waals surface area (Å²) in [6, 6.07) is 10.4. The number of likely N-dealkylation sites (tertiary alicyclic amines) is 1. The lowest BCUT2D eigenvalue weighted by molar-refractivity contribution is -0.119. The monoisotopic (exact) mass is 389 g/mol. The minimum Gasteiger partial charge on any atom is -0.383 e. The Labute approximate surface area is 167 Å². The maximum absolute atomic E-state index is 11.3. The summed E-state index contributed by atoms with van der Waals surface area (Å²) in [5, 5.41) is 12.0. The van der Waals surface area contributed by atoms with Crippen LogP contribution in [-0.4, -0.2) is 50.1 Å². The van der Waals surface area contributed by atoms with Crippen LogP contribution in [-0.2, 0) is 11.3 Å². The van der Waals surface area contributed by atoms with Gasteiger partial charge in [0.05, 0.1) is 16.7 Å². The van der Waals surface area contributed by atoms with E-state index in [2.05, 4.69) is 48.6 Å². The lowest BCUT2D eigenvalue weighted by Gasteiger charge is -2.15. The van der Waals surface area contributed by atoms with E-state index in [1.807, 2.05) is 12.1 Å². The van der Waals surface area contributed by atoms with Crippen molar-refractivity contribution >= 4 is 33.5 Å². The largest absolute Gasteiger partial charge is 0.383 e. The van der Waals surface area contributed by atoms with E-state index in [0.717, 1.165) is 64.8 Å². The summed E-state index contributed by atoms with van der Waals surface area (Å²) in [6.07, 6.45) is 2.71. The topological polar surface area (TPSA) is 116 Å². The summed E-state index contributed by atoms with van der Waals surface area (Å²) in [7, 11) is 0. The molecule has 1 atom stereocenters. The van der Waals surface area contributed by atoms with Crippen molar-refractivity contribution in [3.05, 3.63) is 42.2 Å². The number of nitrogen functional groups attached to an aromatic ring is 1. The van der Waals surface area contributed by atoms with E-state index in [4.69, 9.17) is 5.73 Å². The molecular formula is C21H23N7O. The fraction of sp³-hybridized carbons (Fsp3) is 0.286. The molecule has 1 aliphatic heterocycles. The molecule has 4 heterocycles. The number of carbonyl (C=O) groups is 1. The van der Waals surface area contributed by atoms with Crippen LogP contribution >= 0.6 is 0 Å². The number of anilines is 1. The highest BCUT2D eigenvalue weighted by atomic mass is 16.1. The summed E-state index contributed by atoms with van der Waals surface area (Å²) in [6.45, 7) is 4.18. The molecule has 8 heteroatoms. The molecule has 148 valence electrons. The van der Waals surface area contributed by atoms with Gasteiger partial charge in [0.25, 0.3) is 0 Å². The number of fused-ring (bicyclic) bond motifs is 3. The number of hydrogen-bond acceptors (Lipinski definition) is 5. The van der Waals surface area contributed by atoms with Gasteiger partial charge in [-0.1, -0.05) is 12.1 Å². The van der Waals surface area contributed by atoms with Crippen LogP contribution in [0.5, 0.6) is 0 Å². The highest BCUT2D eigenvalue weighted by Crippen LogP contribution is 2.31. The van der Waals surface area contributed by atoms with Crippen molar-refractivity contribution in [3.8, 4) is 11.3 Å². The van der Waals surface area contributed by atoms with Gasteiger partial charge in [0.1, 0.15) is 5.82 Å². The van der Waals surface area contributed by atoms with Gasteiger partial charge >= 0.3 is 0 Å². The Hall–Kier alpha value is -3.39. The number of nitrogens with two attached hydrogens (primary N) is 1. The molecule has 5 rings (SSSR count). The fourth-order valence-corrected chi connectivity index (χ4v) is 4.24. The van der Waals surface area contributed by atoms with E-state index >= 15 is 0 Å². The average Bonchev–Trinajstić information content (AvgIpc) is 3.42. The molecule has 1 aromatic carbocycles. The van der Waals surface area contributed by atoms with Crippen LogP contribution in [0.3, 0.4) is 0 Å². The zero-order valence-corrected chi connectivity index (χ0v) is 16.2. The minimum atomic E-state index is 0.0299. The molecule has 0 spiro atoms. The molecule has 0 unspecified atom stereocenters. The third-order valence-electron chi connectivity index (χ3n) is 5.54. The molecule has 0 bridgehead atoms. The van der Waals surface area contributed by atoms with Crippen molar-refractivity contribution in [1.82, 2.24) is 30.4 Å². The summed E-state index contributed by atoms with van der Waals surface area (Å²) >= 11 is 0. The summed E-state index contributed by atoms with van der Waals surface area (Å²) in [4.78, 5) is 21.8. The second-order valence-corrected chi connectivity index (χ2v) is 7.70. The summed E-state index contributed by atoms with van der Waals surface area (Å²) in [5.41, 5.74) is 11.2. The van der Waals surface area contributed by atoms with Crippen molar-refractivity contribution in [2.45, 2.75) is 25.9 Å². The molecule has 1 saturated heterocycles. The molecule has 4 aromatic rings. The molecule has 5 N–H and O–H groups in total. The Balaban J connectivity index is 1.46. The van der Waals surface area contributed by atoms with Crippen LogP contribution in [0.15, 0.2) is 36.5 Å². The number of pyridine rings is 1. The standard InChI is InChI=1S/C21H23N7O/c1-12(29)24-14-5-7-28(10-14)11-15-9-17-20(25-15)16-3-2-13(18-4-6-23-27-18)8-19(16)26-21(17)22/h2-4,6,8-9,14,25H,5,7,10-11H2,1H3,(H2,22,26)(H,23,27)(H,24,29)/t14-/m0/s1. The van der Waals surface area contributed by atoms with E-state index < -0.39 is 0 Å². The molecule has 8 nitrogen and oxygen atoms in total. The van der Waals surface area contributed by atoms with Gasteiger partial charge in [-0.25, -0.2) is 4.98 Å². The summed E-state index contributed by atoms with van der Waals surface area (Å²) < 4.78 is 0. The van der Waals surface area contributed by atoms with E-state index in [1.54, 1.807) is 13.1 Å². The van der Waals surface area contributed by atoms with E-state index in [0.29, 0.717) is 5.82 Å². The summed E-state index contributed by atoms with van der Waals surface area (Å²) in [5.74, 6) is 0.552. The molecule has 0 saturated carbocycles. The zero-order chi connectivity index (χ0) is 20.0. The van der Waals surface area contributed by atoms with Gasteiger partial charge in [-0.05, 0) is 24.6 Å². The van der Waals surface area contributed by atoms with Crippen molar-refractivity contribution in [2.24, 2.45) is 0 Å². The van der Waals surface area contributed by atoms with Crippen molar-refractivity contribution in [2.75, 3.05) is 18.8 Å². The van der Waals surface area contributed by atoms with Gasteiger partial charge in [0, 0.05) is 60.8 Å². The van der Waals surface area contributed by atoms with E-state index in [-0.39, 0.29) is 11.9 Å². The third-order valence-corrected chi connectivity index (χ3v) is 5.54. The quantitative estimate of drug-likeness (QED) is 0.428. The number of benzene rings is 1. The number of carbonyl (C=O) groups excluding carboxylic acids is 1.